The third kappa shape index (κ3) is 1.49. The van der Waals surface area contributed by atoms with Crippen molar-refractivity contribution in [1.29, 1.82) is 0 Å². The van der Waals surface area contributed by atoms with Crippen LogP contribution in [0.25, 0.3) is 17.0 Å². The molecule has 0 aliphatic heterocycles. The number of hydrogen-bond donors (Lipinski definition) is 1. The summed E-state index contributed by atoms with van der Waals surface area (Å²) in [6.07, 6.45) is 2.89. The predicted octanol–water partition coefficient (Wildman–Crippen LogP) is 1.98. The fourth-order valence-electron chi connectivity index (χ4n) is 1.57. The van der Waals surface area contributed by atoms with Gasteiger partial charge >= 0.3 is 5.88 Å². The molecule has 0 fully saturated rings. The van der Waals surface area contributed by atoms with E-state index >= 15 is 0 Å². The molecule has 0 unspecified atom stereocenters. The highest BCUT2D eigenvalue weighted by Gasteiger charge is 2.15. The van der Waals surface area contributed by atoms with E-state index in [0.29, 0.717) is 15.8 Å². The molecule has 90 valence electrons. The van der Waals surface area contributed by atoms with Crippen LogP contribution in [0.1, 0.15) is 0 Å². The lowest BCUT2D eigenvalue weighted by Crippen LogP contribution is -1.92. The second-order valence-electron chi connectivity index (χ2n) is 3.39. The Balaban J connectivity index is 2.22. The van der Waals surface area contributed by atoms with E-state index < -0.39 is 4.92 Å². The highest BCUT2D eigenvalue weighted by molar-refractivity contribution is 7.71. The van der Waals surface area contributed by atoms with Crippen LogP contribution in [-0.2, 0) is 0 Å². The molecule has 9 heteroatoms. The molecule has 1 N–H and O–H groups in total. The number of aromatic amines is 1. The molecular formula is C9H5N5O3S. The fraction of sp³-hybridized carbons (Fsp3) is 0. The zero-order valence-corrected chi connectivity index (χ0v) is 9.55. The van der Waals surface area contributed by atoms with Crippen molar-refractivity contribution in [1.82, 2.24) is 19.5 Å². The van der Waals surface area contributed by atoms with Crippen molar-refractivity contribution in [3.8, 4) is 5.88 Å². The second-order valence-corrected chi connectivity index (χ2v) is 3.78. The summed E-state index contributed by atoms with van der Waals surface area (Å²) in [6.45, 7) is 0. The molecule has 0 atom stereocenters. The summed E-state index contributed by atoms with van der Waals surface area (Å²) in [5.41, 5.74) is 1.07. The number of fused-ring (bicyclic) bond motifs is 1. The van der Waals surface area contributed by atoms with Crippen molar-refractivity contribution in [2.75, 3.05) is 0 Å². The van der Waals surface area contributed by atoms with E-state index in [1.165, 1.54) is 29.4 Å². The number of nitro groups is 1. The van der Waals surface area contributed by atoms with Crippen molar-refractivity contribution < 1.29 is 9.34 Å². The smallest absolute Gasteiger partial charge is 0.384 e. The lowest BCUT2D eigenvalue weighted by molar-refractivity contribution is -0.402. The first-order valence-electron chi connectivity index (χ1n) is 4.82. The van der Waals surface area contributed by atoms with Gasteiger partial charge in [-0.05, 0) is 0 Å². The molecule has 0 spiro atoms. The van der Waals surface area contributed by atoms with Crippen molar-refractivity contribution >= 4 is 29.3 Å². The van der Waals surface area contributed by atoms with Gasteiger partial charge in [0, 0.05) is 6.07 Å². The molecule has 0 amide bonds. The minimum Gasteiger partial charge on any atom is -0.384 e. The minimum absolute atomic E-state index is 0.279. The molecule has 0 saturated carbocycles. The molecule has 0 bridgehead atoms. The number of imidazole rings is 1. The van der Waals surface area contributed by atoms with Crippen molar-refractivity contribution in [3.05, 3.63) is 39.5 Å². The van der Waals surface area contributed by atoms with Gasteiger partial charge in [-0.25, -0.2) is 9.97 Å². The summed E-state index contributed by atoms with van der Waals surface area (Å²) in [4.78, 5) is 20.8. The van der Waals surface area contributed by atoms with Crippen LogP contribution in [0.4, 0.5) is 5.88 Å². The van der Waals surface area contributed by atoms with E-state index in [9.17, 15) is 10.1 Å². The van der Waals surface area contributed by atoms with Crippen molar-refractivity contribution in [2.24, 2.45) is 0 Å². The Bertz CT molecular complexity index is 802. The van der Waals surface area contributed by atoms with Gasteiger partial charge in [-0.1, -0.05) is 12.2 Å². The van der Waals surface area contributed by atoms with E-state index in [1.54, 1.807) is 0 Å². The Labute approximate surface area is 104 Å². The SMILES string of the molecule is O=[N+]([O-])c1ccc(-n2cnc3c(=S)nc[nH]c32)o1. The summed E-state index contributed by atoms with van der Waals surface area (Å²) in [6, 6.07) is 2.76. The van der Waals surface area contributed by atoms with E-state index in [2.05, 4.69) is 15.0 Å². The molecular weight excluding hydrogens is 258 g/mol. The van der Waals surface area contributed by atoms with Gasteiger partial charge in [0.25, 0.3) is 0 Å². The molecule has 3 rings (SSSR count). The van der Waals surface area contributed by atoms with E-state index in [-0.39, 0.29) is 11.8 Å². The van der Waals surface area contributed by atoms with Gasteiger partial charge in [0.2, 0.25) is 5.88 Å². The summed E-state index contributed by atoms with van der Waals surface area (Å²) >= 11 is 5.02. The molecule has 8 nitrogen and oxygen atoms in total. The Hall–Kier alpha value is -2.55. The molecule has 0 radical (unpaired) electrons. The Morgan fingerprint density at radius 1 is 1.44 bits per heavy atom. The maximum atomic E-state index is 10.6. The highest BCUT2D eigenvalue weighted by Crippen LogP contribution is 2.22. The third-order valence-electron chi connectivity index (χ3n) is 2.35. The zero-order valence-electron chi connectivity index (χ0n) is 8.73. The minimum atomic E-state index is -0.605. The van der Waals surface area contributed by atoms with Crippen LogP contribution in [0.3, 0.4) is 0 Å². The third-order valence-corrected chi connectivity index (χ3v) is 2.65. The molecule has 3 aromatic heterocycles. The number of furan rings is 1. The molecule has 0 aromatic carbocycles. The summed E-state index contributed by atoms with van der Waals surface area (Å²) < 4.78 is 6.97. The van der Waals surface area contributed by atoms with Gasteiger partial charge in [0.15, 0.2) is 4.64 Å². The molecule has 0 aliphatic carbocycles. The van der Waals surface area contributed by atoms with E-state index in [0.717, 1.165) is 0 Å². The first kappa shape index (κ1) is 10.6. The van der Waals surface area contributed by atoms with Crippen LogP contribution in [0.15, 0.2) is 29.2 Å². The number of H-pyrrole nitrogens is 1. The maximum Gasteiger partial charge on any atom is 0.434 e. The topological polar surface area (TPSA) is 103 Å². The predicted molar refractivity (Wildman–Crippen MR) is 63.0 cm³/mol. The number of hydrogen-bond acceptors (Lipinski definition) is 6. The average Bonchev–Trinajstić information content (AvgIpc) is 2.94. The zero-order chi connectivity index (χ0) is 12.7. The summed E-state index contributed by atoms with van der Waals surface area (Å²) in [5, 5.41) is 10.6. The van der Waals surface area contributed by atoms with Crippen LogP contribution >= 0.6 is 12.2 Å². The first-order valence-corrected chi connectivity index (χ1v) is 5.23. The van der Waals surface area contributed by atoms with Crippen LogP contribution in [-0.4, -0.2) is 24.4 Å². The van der Waals surface area contributed by atoms with Gasteiger partial charge in [0.05, 0.1) is 12.4 Å². The van der Waals surface area contributed by atoms with Crippen LogP contribution in [0.2, 0.25) is 0 Å². The molecule has 18 heavy (non-hydrogen) atoms. The van der Waals surface area contributed by atoms with Crippen LogP contribution in [0, 0.1) is 14.8 Å². The normalized spacial score (nSPS) is 10.9. The van der Waals surface area contributed by atoms with Crippen LogP contribution < -0.4 is 0 Å². The van der Waals surface area contributed by atoms with Crippen molar-refractivity contribution in [2.45, 2.75) is 0 Å². The number of nitrogens with one attached hydrogen (secondary N) is 1. The molecule has 3 heterocycles. The standard InChI is InChI=1S/C9H5N5O3S/c15-14(16)6-2-1-5(17-6)13-4-12-7-8(13)10-3-11-9(7)18/h1-4H,(H,10,11,18). The second kappa shape index (κ2) is 3.74. The quantitative estimate of drug-likeness (QED) is 0.430. The number of rotatable bonds is 2. The highest BCUT2D eigenvalue weighted by atomic mass is 32.1. The summed E-state index contributed by atoms with van der Waals surface area (Å²) in [7, 11) is 0. The van der Waals surface area contributed by atoms with E-state index in [1.807, 2.05) is 0 Å². The first-order chi connectivity index (χ1) is 8.66. The Kier molecular flexibility index (Phi) is 2.20. The van der Waals surface area contributed by atoms with Gasteiger partial charge in [-0.3, -0.25) is 14.7 Å². The lowest BCUT2D eigenvalue weighted by Gasteiger charge is -1.97. The number of nitrogens with zero attached hydrogens (tertiary/aromatic N) is 4. The Morgan fingerprint density at radius 2 is 2.28 bits per heavy atom. The van der Waals surface area contributed by atoms with E-state index in [4.69, 9.17) is 16.6 Å². The van der Waals surface area contributed by atoms with Gasteiger partial charge in [-0.15, -0.1) is 0 Å². The largest absolute Gasteiger partial charge is 0.434 e. The molecule has 0 aliphatic rings. The van der Waals surface area contributed by atoms with Crippen LogP contribution in [0.5, 0.6) is 0 Å². The maximum absolute atomic E-state index is 10.6. The van der Waals surface area contributed by atoms with Gasteiger partial charge in [-0.2, -0.15) is 0 Å². The fourth-order valence-corrected chi connectivity index (χ4v) is 1.77. The number of aromatic nitrogens is 4. The van der Waals surface area contributed by atoms with Gasteiger partial charge < -0.3 is 9.40 Å². The summed E-state index contributed by atoms with van der Waals surface area (Å²) in [5.74, 6) is -0.0550. The molecule has 0 saturated heterocycles. The van der Waals surface area contributed by atoms with Crippen molar-refractivity contribution in [3.63, 3.8) is 0 Å². The lowest BCUT2D eigenvalue weighted by atomic mass is 10.5. The average molecular weight is 263 g/mol. The Morgan fingerprint density at radius 3 is 3.00 bits per heavy atom. The molecule has 3 aromatic rings. The van der Waals surface area contributed by atoms with Gasteiger partial charge in [0.1, 0.15) is 22.4 Å². The monoisotopic (exact) mass is 263 g/mol.